The molecule has 0 bridgehead atoms. The minimum atomic E-state index is -0.320. The summed E-state index contributed by atoms with van der Waals surface area (Å²) in [4.78, 5) is 29.3. The molecule has 3 aromatic rings. The van der Waals surface area contributed by atoms with Crippen LogP contribution < -0.4 is 19.8 Å². The van der Waals surface area contributed by atoms with Crippen molar-refractivity contribution in [2.75, 3.05) is 28.4 Å². The number of hydrogen-bond acceptors (Lipinski definition) is 5. The average Bonchev–Trinajstić information content (AvgIpc) is 2.71. The molecular weight excluding hydrogens is 360 g/mol. The molecule has 1 aromatic heterocycles. The van der Waals surface area contributed by atoms with Crippen molar-refractivity contribution in [3.63, 3.8) is 0 Å². The first-order chi connectivity index (χ1) is 13.5. The van der Waals surface area contributed by atoms with E-state index in [1.54, 1.807) is 26.3 Å². The van der Waals surface area contributed by atoms with E-state index in [1.807, 2.05) is 24.3 Å². The Morgan fingerprint density at radius 2 is 1.71 bits per heavy atom. The molecule has 0 spiro atoms. The molecule has 0 aliphatic heterocycles. The summed E-state index contributed by atoms with van der Waals surface area (Å²) < 4.78 is 16.2. The Balaban J connectivity index is 1.97. The molecule has 146 valence electrons. The molecule has 0 atom stereocenters. The molecule has 0 unspecified atom stereocenters. The fraction of sp³-hybridized carbons (Fsp3) is 0.238. The molecule has 0 saturated carbocycles. The standard InChI is InChI=1S/C21H22N2O5/c1-23(12-13-9-10-17(26-2)20(28-4)19(13)27-3)21(25)15-11-18(24)22-16-8-6-5-7-14(15)16/h5-11H,12H2,1-4H3,(H,22,24). The molecule has 0 aliphatic carbocycles. The topological polar surface area (TPSA) is 80.9 Å². The summed E-state index contributed by atoms with van der Waals surface area (Å²) in [5.74, 6) is 1.24. The van der Waals surface area contributed by atoms with Gasteiger partial charge in [0.05, 0.1) is 26.9 Å². The second-order valence-corrected chi connectivity index (χ2v) is 6.25. The minimum absolute atomic E-state index is 0.265. The zero-order valence-corrected chi connectivity index (χ0v) is 16.2. The number of para-hydroxylation sites is 1. The number of benzene rings is 2. The number of aromatic nitrogens is 1. The number of H-pyrrole nitrogens is 1. The summed E-state index contributed by atoms with van der Waals surface area (Å²) in [6.45, 7) is 0.267. The number of nitrogens with one attached hydrogen (secondary N) is 1. The lowest BCUT2D eigenvalue weighted by Crippen LogP contribution is -2.28. The highest BCUT2D eigenvalue weighted by molar-refractivity contribution is 6.05. The fourth-order valence-electron chi connectivity index (χ4n) is 3.20. The number of methoxy groups -OCH3 is 3. The second kappa shape index (κ2) is 8.04. The number of aromatic amines is 1. The monoisotopic (exact) mass is 382 g/mol. The average molecular weight is 382 g/mol. The Bertz CT molecular complexity index is 1070. The first-order valence-electron chi connectivity index (χ1n) is 8.65. The Labute approximate surface area is 162 Å². The van der Waals surface area contributed by atoms with Crippen LogP contribution in [-0.4, -0.2) is 44.2 Å². The summed E-state index contributed by atoms with van der Waals surface area (Å²) in [5, 5.41) is 0.693. The first kappa shape index (κ1) is 19.3. The molecule has 0 fully saturated rings. The van der Waals surface area contributed by atoms with E-state index in [4.69, 9.17) is 14.2 Å². The highest BCUT2D eigenvalue weighted by atomic mass is 16.5. The van der Waals surface area contributed by atoms with Gasteiger partial charge in [-0.25, -0.2) is 0 Å². The number of rotatable bonds is 6. The summed E-state index contributed by atoms with van der Waals surface area (Å²) in [6.07, 6.45) is 0. The number of fused-ring (bicyclic) bond motifs is 1. The molecular formula is C21H22N2O5. The second-order valence-electron chi connectivity index (χ2n) is 6.25. The third-order valence-corrected chi connectivity index (χ3v) is 4.52. The van der Waals surface area contributed by atoms with E-state index in [2.05, 4.69) is 4.98 Å². The van der Waals surface area contributed by atoms with Gasteiger partial charge in [0.2, 0.25) is 11.3 Å². The Kier molecular flexibility index (Phi) is 5.54. The summed E-state index contributed by atoms with van der Waals surface area (Å²) in [6, 6.07) is 12.1. The van der Waals surface area contributed by atoms with Gasteiger partial charge in [-0.3, -0.25) is 9.59 Å². The van der Waals surface area contributed by atoms with Gasteiger partial charge in [0.25, 0.3) is 5.91 Å². The normalized spacial score (nSPS) is 10.6. The third kappa shape index (κ3) is 3.51. The van der Waals surface area contributed by atoms with Crippen LogP contribution in [0.1, 0.15) is 15.9 Å². The van der Waals surface area contributed by atoms with Gasteiger partial charge in [-0.1, -0.05) is 18.2 Å². The Morgan fingerprint density at radius 3 is 2.39 bits per heavy atom. The van der Waals surface area contributed by atoms with Crippen molar-refractivity contribution >= 4 is 16.8 Å². The van der Waals surface area contributed by atoms with Gasteiger partial charge < -0.3 is 24.1 Å². The van der Waals surface area contributed by atoms with Gasteiger partial charge in [-0.05, 0) is 18.2 Å². The van der Waals surface area contributed by atoms with Crippen molar-refractivity contribution in [2.45, 2.75) is 6.54 Å². The van der Waals surface area contributed by atoms with E-state index in [0.717, 1.165) is 5.56 Å². The van der Waals surface area contributed by atoms with Gasteiger partial charge in [-0.15, -0.1) is 0 Å². The van der Waals surface area contributed by atoms with E-state index in [9.17, 15) is 9.59 Å². The number of carbonyl (C=O) groups excluding carboxylic acids is 1. The molecule has 2 aromatic carbocycles. The predicted octanol–water partition coefficient (Wildman–Crippen LogP) is 2.83. The summed E-state index contributed by atoms with van der Waals surface area (Å²) >= 11 is 0. The molecule has 1 heterocycles. The summed E-state index contributed by atoms with van der Waals surface area (Å²) in [5.41, 5.74) is 1.40. The van der Waals surface area contributed by atoms with Crippen LogP contribution in [-0.2, 0) is 6.54 Å². The lowest BCUT2D eigenvalue weighted by molar-refractivity contribution is 0.0785. The van der Waals surface area contributed by atoms with Gasteiger partial charge in [0, 0.05) is 36.1 Å². The maximum atomic E-state index is 13.1. The van der Waals surface area contributed by atoms with Crippen molar-refractivity contribution in [1.82, 2.24) is 9.88 Å². The van der Waals surface area contributed by atoms with Crippen LogP contribution in [0.4, 0.5) is 0 Å². The highest BCUT2D eigenvalue weighted by Crippen LogP contribution is 2.40. The zero-order chi connectivity index (χ0) is 20.3. The highest BCUT2D eigenvalue weighted by Gasteiger charge is 2.21. The maximum Gasteiger partial charge on any atom is 0.254 e. The number of pyridine rings is 1. The smallest absolute Gasteiger partial charge is 0.254 e. The van der Waals surface area contributed by atoms with Crippen LogP contribution in [0.25, 0.3) is 10.9 Å². The molecule has 3 rings (SSSR count). The molecule has 0 saturated heterocycles. The predicted molar refractivity (Wildman–Crippen MR) is 106 cm³/mol. The van der Waals surface area contributed by atoms with Gasteiger partial charge >= 0.3 is 0 Å². The minimum Gasteiger partial charge on any atom is -0.493 e. The fourth-order valence-corrected chi connectivity index (χ4v) is 3.20. The van der Waals surface area contributed by atoms with Crippen LogP contribution >= 0.6 is 0 Å². The van der Waals surface area contributed by atoms with Crippen LogP contribution in [0.15, 0.2) is 47.3 Å². The number of nitrogens with zero attached hydrogens (tertiary/aromatic N) is 1. The zero-order valence-electron chi connectivity index (χ0n) is 16.2. The van der Waals surface area contributed by atoms with Gasteiger partial charge in [0.15, 0.2) is 11.5 Å². The van der Waals surface area contributed by atoms with Crippen molar-refractivity contribution in [3.8, 4) is 17.2 Å². The van der Waals surface area contributed by atoms with Crippen molar-refractivity contribution in [3.05, 3.63) is 63.9 Å². The molecule has 7 nitrogen and oxygen atoms in total. The van der Waals surface area contributed by atoms with Crippen LogP contribution in [0.5, 0.6) is 17.2 Å². The number of carbonyl (C=O) groups is 1. The van der Waals surface area contributed by atoms with E-state index in [0.29, 0.717) is 33.7 Å². The van der Waals surface area contributed by atoms with E-state index < -0.39 is 0 Å². The maximum absolute atomic E-state index is 13.1. The third-order valence-electron chi connectivity index (χ3n) is 4.52. The van der Waals surface area contributed by atoms with Gasteiger partial charge in [-0.2, -0.15) is 0 Å². The first-order valence-corrected chi connectivity index (χ1v) is 8.65. The number of amides is 1. The number of hydrogen-bond donors (Lipinski definition) is 1. The Hall–Kier alpha value is -3.48. The van der Waals surface area contributed by atoms with E-state index in [1.165, 1.54) is 25.2 Å². The summed E-state index contributed by atoms with van der Waals surface area (Å²) in [7, 11) is 6.29. The van der Waals surface area contributed by atoms with Crippen LogP contribution in [0.3, 0.4) is 0 Å². The largest absolute Gasteiger partial charge is 0.493 e. The molecule has 1 amide bonds. The molecule has 0 aliphatic rings. The number of ether oxygens (including phenoxy) is 3. The molecule has 1 N–H and O–H groups in total. The van der Waals surface area contributed by atoms with E-state index >= 15 is 0 Å². The molecule has 7 heteroatoms. The van der Waals surface area contributed by atoms with Crippen LogP contribution in [0.2, 0.25) is 0 Å². The lowest BCUT2D eigenvalue weighted by atomic mass is 10.1. The van der Waals surface area contributed by atoms with Gasteiger partial charge in [0.1, 0.15) is 0 Å². The Morgan fingerprint density at radius 1 is 1.00 bits per heavy atom. The van der Waals surface area contributed by atoms with Crippen molar-refractivity contribution in [2.24, 2.45) is 0 Å². The van der Waals surface area contributed by atoms with Crippen molar-refractivity contribution in [1.29, 1.82) is 0 Å². The quantitative estimate of drug-likeness (QED) is 0.709. The van der Waals surface area contributed by atoms with E-state index in [-0.39, 0.29) is 18.0 Å². The SMILES string of the molecule is COc1ccc(CN(C)C(=O)c2cc(=O)[nH]c3ccccc23)c(OC)c1OC. The lowest BCUT2D eigenvalue weighted by Gasteiger charge is -2.21. The molecule has 0 radical (unpaired) electrons. The molecule has 28 heavy (non-hydrogen) atoms. The van der Waals surface area contributed by atoms with Crippen molar-refractivity contribution < 1.29 is 19.0 Å². The van der Waals surface area contributed by atoms with Crippen LogP contribution in [0, 0.1) is 0 Å².